The maximum absolute atomic E-state index is 2.33. The van der Waals surface area contributed by atoms with Gasteiger partial charge in [-0.05, 0) is 46.4 Å². The molecule has 3 aromatic carbocycles. The van der Waals surface area contributed by atoms with Crippen LogP contribution in [0.3, 0.4) is 0 Å². The number of hydrogen-bond donors (Lipinski definition) is 0. The molecular weight excluding hydrogens is 328 g/mol. The lowest BCUT2D eigenvalue weighted by atomic mass is 9.86. The topological polar surface area (TPSA) is 0 Å². The Morgan fingerprint density at radius 2 is 1.12 bits per heavy atom. The van der Waals surface area contributed by atoms with Crippen molar-refractivity contribution < 1.29 is 0 Å². The maximum atomic E-state index is 2.33. The summed E-state index contributed by atoms with van der Waals surface area (Å²) in [7, 11) is 0. The number of fused-ring (bicyclic) bond motifs is 2. The van der Waals surface area contributed by atoms with E-state index in [-0.39, 0.29) is 5.41 Å². The SMILES string of the molecule is CC(C)(C)c1ccc(-c2ccc3c(c2)Sc2ccccc2S3)cc1. The van der Waals surface area contributed by atoms with Crippen molar-refractivity contribution in [2.75, 3.05) is 0 Å². The summed E-state index contributed by atoms with van der Waals surface area (Å²) in [6, 6.07) is 24.5. The average molecular weight is 349 g/mol. The lowest BCUT2D eigenvalue weighted by Crippen LogP contribution is -2.10. The van der Waals surface area contributed by atoms with Crippen LogP contribution in [0.1, 0.15) is 26.3 Å². The molecule has 0 unspecified atom stereocenters. The fourth-order valence-electron chi connectivity index (χ4n) is 2.87. The molecule has 2 heteroatoms. The third-order valence-corrected chi connectivity index (χ3v) is 6.86. The van der Waals surface area contributed by atoms with Gasteiger partial charge in [-0.1, -0.05) is 86.8 Å². The van der Waals surface area contributed by atoms with E-state index in [2.05, 4.69) is 87.5 Å². The van der Waals surface area contributed by atoms with Crippen LogP contribution in [0.2, 0.25) is 0 Å². The van der Waals surface area contributed by atoms with E-state index in [1.807, 2.05) is 23.5 Å². The van der Waals surface area contributed by atoms with Gasteiger partial charge in [-0.15, -0.1) is 0 Å². The molecule has 0 N–H and O–H groups in total. The van der Waals surface area contributed by atoms with Crippen LogP contribution in [0.15, 0.2) is 86.3 Å². The summed E-state index contributed by atoms with van der Waals surface area (Å²) in [6.07, 6.45) is 0. The Bertz CT molecular complexity index is 887. The first-order valence-corrected chi connectivity index (χ1v) is 9.84. The molecule has 0 nitrogen and oxygen atoms in total. The number of benzene rings is 3. The predicted molar refractivity (Wildman–Crippen MR) is 105 cm³/mol. The molecule has 0 spiro atoms. The minimum absolute atomic E-state index is 0.199. The molecule has 3 aromatic rings. The number of hydrogen-bond acceptors (Lipinski definition) is 2. The maximum Gasteiger partial charge on any atom is 0.0268 e. The van der Waals surface area contributed by atoms with Gasteiger partial charge in [-0.25, -0.2) is 0 Å². The molecule has 0 aliphatic carbocycles. The largest absolute Gasteiger partial charge is 0.0877 e. The van der Waals surface area contributed by atoms with Crippen LogP contribution in [-0.2, 0) is 5.41 Å². The molecule has 1 aliphatic heterocycles. The van der Waals surface area contributed by atoms with Crippen molar-refractivity contribution in [2.24, 2.45) is 0 Å². The highest BCUT2D eigenvalue weighted by Gasteiger charge is 2.17. The summed E-state index contributed by atoms with van der Waals surface area (Å²) < 4.78 is 0. The van der Waals surface area contributed by atoms with Crippen molar-refractivity contribution in [1.82, 2.24) is 0 Å². The zero-order chi connectivity index (χ0) is 16.7. The smallest absolute Gasteiger partial charge is 0.0268 e. The molecule has 24 heavy (non-hydrogen) atoms. The van der Waals surface area contributed by atoms with Crippen molar-refractivity contribution in [3.8, 4) is 11.1 Å². The standard InChI is InChI=1S/C22H20S2/c1-22(2,3)17-11-8-15(9-12-17)16-10-13-20-21(14-16)24-19-7-5-4-6-18(19)23-20/h4-14H,1-3H3. The van der Waals surface area contributed by atoms with Crippen molar-refractivity contribution >= 4 is 23.5 Å². The van der Waals surface area contributed by atoms with E-state index in [1.54, 1.807) is 0 Å². The van der Waals surface area contributed by atoms with Gasteiger partial charge in [0.05, 0.1) is 0 Å². The van der Waals surface area contributed by atoms with Gasteiger partial charge in [0.15, 0.2) is 0 Å². The third kappa shape index (κ3) is 3.01. The van der Waals surface area contributed by atoms with E-state index in [9.17, 15) is 0 Å². The molecule has 0 fully saturated rings. The van der Waals surface area contributed by atoms with Crippen LogP contribution in [0.25, 0.3) is 11.1 Å². The molecule has 1 aliphatic rings. The molecule has 0 radical (unpaired) electrons. The first kappa shape index (κ1) is 15.9. The quantitative estimate of drug-likeness (QED) is 0.355. The normalized spacial score (nSPS) is 13.3. The van der Waals surface area contributed by atoms with Crippen molar-refractivity contribution in [2.45, 2.75) is 45.8 Å². The molecular formula is C22H20S2. The van der Waals surface area contributed by atoms with Gasteiger partial charge >= 0.3 is 0 Å². The molecule has 0 amide bonds. The van der Waals surface area contributed by atoms with Gasteiger partial charge in [0, 0.05) is 19.6 Å². The van der Waals surface area contributed by atoms with E-state index < -0.39 is 0 Å². The molecule has 4 rings (SSSR count). The van der Waals surface area contributed by atoms with E-state index in [4.69, 9.17) is 0 Å². The van der Waals surface area contributed by atoms with Crippen LogP contribution < -0.4 is 0 Å². The Morgan fingerprint density at radius 3 is 1.75 bits per heavy atom. The zero-order valence-electron chi connectivity index (χ0n) is 14.2. The second kappa shape index (κ2) is 6.02. The second-order valence-electron chi connectivity index (χ2n) is 7.14. The van der Waals surface area contributed by atoms with Crippen LogP contribution in [-0.4, -0.2) is 0 Å². The minimum atomic E-state index is 0.199. The van der Waals surface area contributed by atoms with E-state index in [0.29, 0.717) is 0 Å². The molecule has 120 valence electrons. The Balaban J connectivity index is 1.67. The predicted octanol–water partition coefficient (Wildman–Crippen LogP) is 7.27. The Morgan fingerprint density at radius 1 is 0.583 bits per heavy atom. The van der Waals surface area contributed by atoms with E-state index in [0.717, 1.165) is 0 Å². The summed E-state index contributed by atoms with van der Waals surface area (Å²) >= 11 is 3.75. The van der Waals surface area contributed by atoms with Crippen LogP contribution in [0, 0.1) is 0 Å². The summed E-state index contributed by atoms with van der Waals surface area (Å²) in [5, 5.41) is 0. The van der Waals surface area contributed by atoms with Gasteiger partial charge in [0.2, 0.25) is 0 Å². The highest BCUT2D eigenvalue weighted by molar-refractivity contribution is 8.05. The summed E-state index contributed by atoms with van der Waals surface area (Å²) in [6.45, 7) is 6.77. The molecule has 0 saturated heterocycles. The lowest BCUT2D eigenvalue weighted by molar-refractivity contribution is 0.590. The number of rotatable bonds is 1. The monoisotopic (exact) mass is 348 g/mol. The average Bonchev–Trinajstić information content (AvgIpc) is 2.59. The lowest BCUT2D eigenvalue weighted by Gasteiger charge is -2.20. The Hall–Kier alpha value is -1.64. The fraction of sp³-hybridized carbons (Fsp3) is 0.182. The fourth-order valence-corrected chi connectivity index (χ4v) is 5.12. The molecule has 0 bridgehead atoms. The summed E-state index contributed by atoms with van der Waals surface area (Å²) in [4.78, 5) is 5.43. The van der Waals surface area contributed by atoms with Crippen molar-refractivity contribution in [3.05, 3.63) is 72.3 Å². The van der Waals surface area contributed by atoms with E-state index in [1.165, 1.54) is 36.3 Å². The van der Waals surface area contributed by atoms with Gasteiger partial charge in [-0.2, -0.15) is 0 Å². The first-order valence-electron chi connectivity index (χ1n) is 8.20. The molecule has 0 atom stereocenters. The van der Waals surface area contributed by atoms with Crippen LogP contribution in [0.4, 0.5) is 0 Å². The summed E-state index contributed by atoms with van der Waals surface area (Å²) in [5.74, 6) is 0. The minimum Gasteiger partial charge on any atom is -0.0877 e. The van der Waals surface area contributed by atoms with Gasteiger partial charge in [0.1, 0.15) is 0 Å². The Kier molecular flexibility index (Phi) is 3.98. The summed E-state index contributed by atoms with van der Waals surface area (Å²) in [5.41, 5.74) is 4.16. The van der Waals surface area contributed by atoms with Crippen molar-refractivity contribution in [3.63, 3.8) is 0 Å². The van der Waals surface area contributed by atoms with Crippen molar-refractivity contribution in [1.29, 1.82) is 0 Å². The molecule has 0 saturated carbocycles. The van der Waals surface area contributed by atoms with Crippen LogP contribution in [0.5, 0.6) is 0 Å². The first-order chi connectivity index (χ1) is 11.5. The Labute approximate surface area is 152 Å². The highest BCUT2D eigenvalue weighted by Crippen LogP contribution is 2.49. The van der Waals surface area contributed by atoms with E-state index >= 15 is 0 Å². The molecule has 0 aromatic heterocycles. The molecule has 1 heterocycles. The third-order valence-electron chi connectivity index (χ3n) is 4.32. The zero-order valence-corrected chi connectivity index (χ0v) is 15.8. The van der Waals surface area contributed by atoms with Gasteiger partial charge in [-0.3, -0.25) is 0 Å². The second-order valence-corrected chi connectivity index (χ2v) is 9.31. The van der Waals surface area contributed by atoms with Gasteiger partial charge < -0.3 is 0 Å². The van der Waals surface area contributed by atoms with Crippen LogP contribution >= 0.6 is 23.5 Å². The highest BCUT2D eigenvalue weighted by atomic mass is 32.2. The van der Waals surface area contributed by atoms with Gasteiger partial charge in [0.25, 0.3) is 0 Å².